The van der Waals surface area contributed by atoms with Gasteiger partial charge in [-0.25, -0.2) is 0 Å². The van der Waals surface area contributed by atoms with Crippen LogP contribution in [0.1, 0.15) is 23.1 Å². The van der Waals surface area contributed by atoms with E-state index in [1.165, 1.54) is 11.3 Å². The number of anilines is 2. The van der Waals surface area contributed by atoms with E-state index in [4.69, 9.17) is 11.6 Å². The number of hydrogen-bond donors (Lipinski definition) is 2. The van der Waals surface area contributed by atoms with Gasteiger partial charge in [0.25, 0.3) is 5.91 Å². The Hall–Kier alpha value is -1.18. The summed E-state index contributed by atoms with van der Waals surface area (Å²) in [4.78, 5) is 12.1. The second kappa shape index (κ2) is 7.01. The van der Waals surface area contributed by atoms with Crippen molar-refractivity contribution >= 4 is 55.6 Å². The zero-order valence-corrected chi connectivity index (χ0v) is 13.8. The Morgan fingerprint density at radius 2 is 2.25 bits per heavy atom. The lowest BCUT2D eigenvalue weighted by Gasteiger charge is -2.05. The van der Waals surface area contributed by atoms with E-state index in [1.807, 2.05) is 0 Å². The number of carbonyl (C=O) groups excluding carboxylic acids is 1. The third-order valence-corrected chi connectivity index (χ3v) is 4.02. The van der Waals surface area contributed by atoms with Crippen LogP contribution < -0.4 is 10.6 Å². The molecule has 2 rings (SSSR count). The van der Waals surface area contributed by atoms with Gasteiger partial charge in [-0.3, -0.25) is 4.79 Å². The van der Waals surface area contributed by atoms with Crippen LogP contribution in [0.3, 0.4) is 0 Å². The number of halogens is 2. The average Bonchev–Trinajstić information content (AvgIpc) is 2.89. The fourth-order valence-electron chi connectivity index (χ4n) is 1.39. The molecule has 0 fully saturated rings. The second-order valence-corrected chi connectivity index (χ2v) is 6.22. The van der Waals surface area contributed by atoms with Crippen molar-refractivity contribution in [3.8, 4) is 0 Å². The van der Waals surface area contributed by atoms with E-state index in [0.717, 1.165) is 17.4 Å². The highest BCUT2D eigenvalue weighted by Crippen LogP contribution is 2.26. The molecule has 1 amide bonds. The van der Waals surface area contributed by atoms with Crippen LogP contribution in [0.25, 0.3) is 0 Å². The van der Waals surface area contributed by atoms with Crippen LogP contribution in [0.2, 0.25) is 5.02 Å². The Morgan fingerprint density at radius 1 is 1.45 bits per heavy atom. The van der Waals surface area contributed by atoms with Crippen LogP contribution in [-0.4, -0.2) is 22.6 Å². The zero-order chi connectivity index (χ0) is 14.5. The summed E-state index contributed by atoms with van der Waals surface area (Å²) in [6.45, 7) is 2.85. The van der Waals surface area contributed by atoms with Crippen molar-refractivity contribution in [2.24, 2.45) is 0 Å². The molecule has 1 aromatic heterocycles. The highest BCUT2D eigenvalue weighted by molar-refractivity contribution is 9.10. The molecule has 0 radical (unpaired) electrons. The minimum atomic E-state index is -0.327. The molecule has 1 aromatic carbocycles. The van der Waals surface area contributed by atoms with E-state index >= 15 is 0 Å². The first-order valence-electron chi connectivity index (χ1n) is 5.94. The molecule has 0 aliphatic carbocycles. The molecule has 0 aliphatic heterocycles. The summed E-state index contributed by atoms with van der Waals surface area (Å²) in [5.74, 6) is -0.327. The first kappa shape index (κ1) is 15.2. The maximum atomic E-state index is 12.1. The third-order valence-electron chi connectivity index (χ3n) is 2.32. The van der Waals surface area contributed by atoms with E-state index < -0.39 is 0 Å². The Balaban J connectivity index is 2.08. The highest BCUT2D eigenvalue weighted by Gasteiger charge is 2.14. The van der Waals surface area contributed by atoms with Crippen molar-refractivity contribution in [1.29, 1.82) is 0 Å². The Labute approximate surface area is 133 Å². The molecule has 106 valence electrons. The number of amides is 1. The lowest BCUT2D eigenvalue weighted by atomic mass is 10.3. The normalized spacial score (nSPS) is 10.3. The Kier molecular flexibility index (Phi) is 5.33. The summed E-state index contributed by atoms with van der Waals surface area (Å²) < 4.78 is 0.833. The van der Waals surface area contributed by atoms with Crippen molar-refractivity contribution in [3.63, 3.8) is 0 Å². The first-order valence-corrected chi connectivity index (χ1v) is 7.92. The van der Waals surface area contributed by atoms with Gasteiger partial charge in [-0.15, -0.1) is 10.2 Å². The SMILES string of the molecule is CCCNc1nnc(C(=O)Nc2cc(Br)ccc2Cl)s1. The van der Waals surface area contributed by atoms with Crippen molar-refractivity contribution in [1.82, 2.24) is 10.2 Å². The second-order valence-electron chi connectivity index (χ2n) is 3.92. The van der Waals surface area contributed by atoms with E-state index in [1.54, 1.807) is 18.2 Å². The van der Waals surface area contributed by atoms with Gasteiger partial charge < -0.3 is 10.6 Å². The van der Waals surface area contributed by atoms with E-state index in [2.05, 4.69) is 43.7 Å². The van der Waals surface area contributed by atoms with Gasteiger partial charge in [-0.2, -0.15) is 0 Å². The minimum Gasteiger partial charge on any atom is -0.360 e. The molecular weight excluding hydrogens is 364 g/mol. The summed E-state index contributed by atoms with van der Waals surface area (Å²) >= 11 is 10.6. The molecule has 5 nitrogen and oxygen atoms in total. The molecule has 0 bridgehead atoms. The molecule has 8 heteroatoms. The number of nitrogens with zero attached hydrogens (tertiary/aromatic N) is 2. The molecule has 0 spiro atoms. The van der Waals surface area contributed by atoms with Gasteiger partial charge in [-0.05, 0) is 24.6 Å². The maximum absolute atomic E-state index is 12.1. The number of hydrogen-bond acceptors (Lipinski definition) is 5. The van der Waals surface area contributed by atoms with Crippen molar-refractivity contribution in [3.05, 3.63) is 32.7 Å². The monoisotopic (exact) mass is 374 g/mol. The molecule has 0 atom stereocenters. The molecule has 2 aromatic rings. The number of nitrogens with one attached hydrogen (secondary N) is 2. The van der Waals surface area contributed by atoms with Crippen LogP contribution in [0, 0.1) is 0 Å². The fourth-order valence-corrected chi connectivity index (χ4v) is 2.58. The van der Waals surface area contributed by atoms with Crippen LogP contribution in [0.4, 0.5) is 10.8 Å². The topological polar surface area (TPSA) is 66.9 Å². The highest BCUT2D eigenvalue weighted by atomic mass is 79.9. The van der Waals surface area contributed by atoms with Crippen LogP contribution in [0.15, 0.2) is 22.7 Å². The standard InChI is InChI=1S/C12H12BrClN4OS/c1-2-5-15-12-18-17-11(20-12)10(19)16-9-6-7(13)3-4-8(9)14/h3-4,6H,2,5H2,1H3,(H,15,18)(H,16,19). The van der Waals surface area contributed by atoms with E-state index in [0.29, 0.717) is 20.8 Å². The molecule has 0 unspecified atom stereocenters. The molecule has 0 saturated carbocycles. The van der Waals surface area contributed by atoms with Gasteiger partial charge in [-0.1, -0.05) is 45.8 Å². The first-order chi connectivity index (χ1) is 9.60. The summed E-state index contributed by atoms with van der Waals surface area (Å²) in [5, 5.41) is 15.0. The van der Waals surface area contributed by atoms with Gasteiger partial charge in [0.2, 0.25) is 10.1 Å². The van der Waals surface area contributed by atoms with E-state index in [9.17, 15) is 4.79 Å². The summed E-state index contributed by atoms with van der Waals surface area (Å²) in [6.07, 6.45) is 0.981. The van der Waals surface area contributed by atoms with Crippen LogP contribution in [0.5, 0.6) is 0 Å². The molecule has 20 heavy (non-hydrogen) atoms. The molecule has 2 N–H and O–H groups in total. The Morgan fingerprint density at radius 3 is 3.00 bits per heavy atom. The minimum absolute atomic E-state index is 0.291. The maximum Gasteiger partial charge on any atom is 0.286 e. The van der Waals surface area contributed by atoms with Gasteiger partial charge in [0, 0.05) is 11.0 Å². The lowest BCUT2D eigenvalue weighted by molar-refractivity contribution is 0.102. The van der Waals surface area contributed by atoms with E-state index in [-0.39, 0.29) is 5.91 Å². The summed E-state index contributed by atoms with van der Waals surface area (Å²) in [5.41, 5.74) is 0.532. The lowest BCUT2D eigenvalue weighted by Crippen LogP contribution is -2.11. The predicted octanol–water partition coefficient (Wildman–Crippen LogP) is 4.03. The average molecular weight is 376 g/mol. The molecule has 0 saturated heterocycles. The quantitative estimate of drug-likeness (QED) is 0.828. The number of carbonyl (C=O) groups is 1. The summed E-state index contributed by atoms with van der Waals surface area (Å²) in [6, 6.07) is 5.24. The van der Waals surface area contributed by atoms with Crippen molar-refractivity contribution in [2.75, 3.05) is 17.2 Å². The van der Waals surface area contributed by atoms with Crippen LogP contribution in [-0.2, 0) is 0 Å². The van der Waals surface area contributed by atoms with Crippen molar-refractivity contribution < 1.29 is 4.79 Å². The smallest absolute Gasteiger partial charge is 0.286 e. The third kappa shape index (κ3) is 3.91. The number of rotatable bonds is 5. The Bertz CT molecular complexity index is 619. The number of benzene rings is 1. The van der Waals surface area contributed by atoms with Gasteiger partial charge in [0.05, 0.1) is 10.7 Å². The number of aromatic nitrogens is 2. The largest absolute Gasteiger partial charge is 0.360 e. The zero-order valence-electron chi connectivity index (χ0n) is 10.6. The van der Waals surface area contributed by atoms with Gasteiger partial charge in [0.15, 0.2) is 0 Å². The van der Waals surface area contributed by atoms with Crippen LogP contribution >= 0.6 is 38.9 Å². The molecule has 1 heterocycles. The fraction of sp³-hybridized carbons (Fsp3) is 0.250. The van der Waals surface area contributed by atoms with Crippen molar-refractivity contribution in [2.45, 2.75) is 13.3 Å². The molecular formula is C12H12BrClN4OS. The van der Waals surface area contributed by atoms with Gasteiger partial charge in [0.1, 0.15) is 0 Å². The molecule has 0 aliphatic rings. The summed E-state index contributed by atoms with van der Waals surface area (Å²) in [7, 11) is 0. The predicted molar refractivity (Wildman–Crippen MR) is 85.8 cm³/mol. The van der Waals surface area contributed by atoms with Gasteiger partial charge >= 0.3 is 0 Å².